The number of piperidine rings is 1. The molecule has 2 nitrogen and oxygen atoms in total. The largest absolute Gasteiger partial charge is 0.303 e. The first-order chi connectivity index (χ1) is 7.78. The molecule has 1 fully saturated rings. The van der Waals surface area contributed by atoms with Gasteiger partial charge in [-0.3, -0.25) is 4.90 Å². The van der Waals surface area contributed by atoms with Crippen molar-refractivity contribution in [3.8, 4) is 0 Å². The second kappa shape index (κ2) is 5.26. The van der Waals surface area contributed by atoms with E-state index in [0.717, 1.165) is 32.3 Å². The second-order valence-electron chi connectivity index (χ2n) is 4.92. The van der Waals surface area contributed by atoms with Gasteiger partial charge in [0, 0.05) is 25.6 Å². The van der Waals surface area contributed by atoms with Crippen molar-refractivity contribution < 1.29 is 4.79 Å². The number of carbonyl (C=O) groups is 1. The molecule has 2 rings (SSSR count). The van der Waals surface area contributed by atoms with Crippen LogP contribution in [0.4, 0.5) is 0 Å². The number of likely N-dealkylation sites (tertiary alicyclic amines) is 1. The highest BCUT2D eigenvalue weighted by Gasteiger charge is 2.23. The minimum atomic E-state index is 0.229. The van der Waals surface area contributed by atoms with Crippen molar-refractivity contribution in [3.63, 3.8) is 0 Å². The summed E-state index contributed by atoms with van der Waals surface area (Å²) >= 11 is 0. The van der Waals surface area contributed by atoms with Crippen LogP contribution in [-0.4, -0.2) is 24.3 Å². The molecule has 0 amide bonds. The number of benzene rings is 1. The Kier molecular flexibility index (Phi) is 3.73. The molecule has 1 aliphatic rings. The van der Waals surface area contributed by atoms with Crippen molar-refractivity contribution in [2.75, 3.05) is 13.1 Å². The molecule has 0 radical (unpaired) electrons. The summed E-state index contributed by atoms with van der Waals surface area (Å²) in [6.07, 6.45) is 2.17. The Labute approximate surface area is 97.3 Å². The van der Waals surface area contributed by atoms with Gasteiger partial charge < -0.3 is 4.79 Å². The van der Waals surface area contributed by atoms with Gasteiger partial charge in [0.15, 0.2) is 0 Å². The molecule has 1 aliphatic heterocycles. The minimum Gasteiger partial charge on any atom is -0.303 e. The fraction of sp³-hybridized carbons (Fsp3) is 0.500. The summed E-state index contributed by atoms with van der Waals surface area (Å²) < 4.78 is 0. The molecule has 0 saturated carbocycles. The van der Waals surface area contributed by atoms with Gasteiger partial charge in [-0.05, 0) is 17.9 Å². The van der Waals surface area contributed by atoms with Crippen molar-refractivity contribution >= 4 is 6.29 Å². The van der Waals surface area contributed by atoms with Gasteiger partial charge >= 0.3 is 0 Å². The lowest BCUT2D eigenvalue weighted by Gasteiger charge is -2.34. The highest BCUT2D eigenvalue weighted by atomic mass is 16.1. The zero-order valence-electron chi connectivity index (χ0n) is 9.80. The quantitative estimate of drug-likeness (QED) is 0.724. The van der Waals surface area contributed by atoms with Gasteiger partial charge in [-0.25, -0.2) is 0 Å². The molecule has 0 aromatic heterocycles. The second-order valence-corrected chi connectivity index (χ2v) is 4.92. The lowest BCUT2D eigenvalue weighted by Crippen LogP contribution is -2.39. The molecule has 1 saturated heterocycles. The molecule has 2 heteroatoms. The van der Waals surface area contributed by atoms with Crippen LogP contribution in [0.25, 0.3) is 0 Å². The van der Waals surface area contributed by atoms with Gasteiger partial charge in [0.25, 0.3) is 0 Å². The van der Waals surface area contributed by atoms with Crippen LogP contribution in [0.3, 0.4) is 0 Å². The van der Waals surface area contributed by atoms with E-state index in [2.05, 4.69) is 36.1 Å². The van der Waals surface area contributed by atoms with Gasteiger partial charge in [0.1, 0.15) is 6.29 Å². The fourth-order valence-corrected chi connectivity index (χ4v) is 2.58. The zero-order chi connectivity index (χ0) is 11.4. The maximum Gasteiger partial charge on any atom is 0.124 e. The van der Waals surface area contributed by atoms with Crippen LogP contribution in [-0.2, 0) is 11.3 Å². The van der Waals surface area contributed by atoms with E-state index in [4.69, 9.17) is 0 Å². The maximum atomic E-state index is 10.9. The SMILES string of the molecule is CC1CC(C=O)CN(Cc2ccccc2)C1. The lowest BCUT2D eigenvalue weighted by molar-refractivity contribution is -0.113. The Morgan fingerprint density at radius 3 is 2.75 bits per heavy atom. The lowest BCUT2D eigenvalue weighted by atomic mass is 9.91. The third kappa shape index (κ3) is 2.92. The van der Waals surface area contributed by atoms with Gasteiger partial charge in [0.05, 0.1) is 0 Å². The van der Waals surface area contributed by atoms with E-state index in [-0.39, 0.29) is 5.92 Å². The number of carbonyl (C=O) groups excluding carboxylic acids is 1. The summed E-state index contributed by atoms with van der Waals surface area (Å²) in [7, 11) is 0. The first kappa shape index (κ1) is 11.3. The van der Waals surface area contributed by atoms with E-state index in [1.54, 1.807) is 0 Å². The van der Waals surface area contributed by atoms with Crippen LogP contribution in [0, 0.1) is 11.8 Å². The molecule has 1 heterocycles. The first-order valence-corrected chi connectivity index (χ1v) is 5.99. The summed E-state index contributed by atoms with van der Waals surface area (Å²) in [4.78, 5) is 13.3. The number of rotatable bonds is 3. The number of hydrogen-bond acceptors (Lipinski definition) is 2. The molecule has 1 aromatic rings. The van der Waals surface area contributed by atoms with Crippen LogP contribution in [0.1, 0.15) is 18.9 Å². The summed E-state index contributed by atoms with van der Waals surface area (Å²) in [6.45, 7) is 5.23. The summed E-state index contributed by atoms with van der Waals surface area (Å²) in [5.41, 5.74) is 1.33. The fourth-order valence-electron chi connectivity index (χ4n) is 2.58. The molecule has 0 spiro atoms. The number of aldehydes is 1. The monoisotopic (exact) mass is 217 g/mol. The third-order valence-corrected chi connectivity index (χ3v) is 3.21. The van der Waals surface area contributed by atoms with Gasteiger partial charge in [-0.2, -0.15) is 0 Å². The molecular weight excluding hydrogens is 198 g/mol. The molecule has 0 aliphatic carbocycles. The highest BCUT2D eigenvalue weighted by Crippen LogP contribution is 2.21. The van der Waals surface area contributed by atoms with Crippen LogP contribution in [0.5, 0.6) is 0 Å². The minimum absolute atomic E-state index is 0.229. The highest BCUT2D eigenvalue weighted by molar-refractivity contribution is 5.54. The molecule has 2 atom stereocenters. The summed E-state index contributed by atoms with van der Waals surface area (Å²) in [6, 6.07) is 10.5. The number of nitrogens with zero attached hydrogens (tertiary/aromatic N) is 1. The van der Waals surface area contributed by atoms with Crippen molar-refractivity contribution in [1.82, 2.24) is 4.90 Å². The molecule has 0 bridgehead atoms. The Morgan fingerprint density at radius 2 is 2.06 bits per heavy atom. The van der Waals surface area contributed by atoms with Crippen LogP contribution < -0.4 is 0 Å². The van der Waals surface area contributed by atoms with Gasteiger partial charge in [-0.1, -0.05) is 37.3 Å². The van der Waals surface area contributed by atoms with E-state index < -0.39 is 0 Å². The average molecular weight is 217 g/mol. The number of hydrogen-bond donors (Lipinski definition) is 0. The summed E-state index contributed by atoms with van der Waals surface area (Å²) in [5, 5.41) is 0. The maximum absolute atomic E-state index is 10.9. The predicted octanol–water partition coefficient (Wildman–Crippen LogP) is 2.34. The van der Waals surface area contributed by atoms with Crippen LogP contribution >= 0.6 is 0 Å². The molecule has 86 valence electrons. The molecule has 16 heavy (non-hydrogen) atoms. The van der Waals surface area contributed by atoms with E-state index in [1.807, 2.05) is 6.07 Å². The smallest absolute Gasteiger partial charge is 0.124 e. The standard InChI is InChI=1S/C14H19NO/c1-12-7-14(11-16)10-15(8-12)9-13-5-3-2-4-6-13/h2-6,11-12,14H,7-10H2,1H3. The normalized spacial score (nSPS) is 26.6. The first-order valence-electron chi connectivity index (χ1n) is 5.99. The van der Waals surface area contributed by atoms with Crippen LogP contribution in [0.15, 0.2) is 30.3 Å². The third-order valence-electron chi connectivity index (χ3n) is 3.21. The molecular formula is C14H19NO. The van der Waals surface area contributed by atoms with Gasteiger partial charge in [-0.15, -0.1) is 0 Å². The van der Waals surface area contributed by atoms with Crippen molar-refractivity contribution in [1.29, 1.82) is 0 Å². The Morgan fingerprint density at radius 1 is 1.31 bits per heavy atom. The molecule has 2 unspecified atom stereocenters. The average Bonchev–Trinajstić information content (AvgIpc) is 2.29. The van der Waals surface area contributed by atoms with Crippen LogP contribution in [0.2, 0.25) is 0 Å². The van der Waals surface area contributed by atoms with Crippen molar-refractivity contribution in [2.24, 2.45) is 11.8 Å². The van der Waals surface area contributed by atoms with Gasteiger partial charge in [0.2, 0.25) is 0 Å². The van der Waals surface area contributed by atoms with E-state index in [0.29, 0.717) is 5.92 Å². The van der Waals surface area contributed by atoms with Crippen molar-refractivity contribution in [2.45, 2.75) is 19.9 Å². The Balaban J connectivity index is 1.97. The summed E-state index contributed by atoms with van der Waals surface area (Å²) in [5.74, 6) is 0.861. The Hall–Kier alpha value is -1.15. The van der Waals surface area contributed by atoms with E-state index >= 15 is 0 Å². The van der Waals surface area contributed by atoms with Crippen molar-refractivity contribution in [3.05, 3.63) is 35.9 Å². The molecule has 1 aromatic carbocycles. The predicted molar refractivity (Wildman–Crippen MR) is 65.1 cm³/mol. The Bertz CT molecular complexity index is 336. The van der Waals surface area contributed by atoms with E-state index in [1.165, 1.54) is 5.56 Å². The topological polar surface area (TPSA) is 20.3 Å². The zero-order valence-corrected chi connectivity index (χ0v) is 9.80. The van der Waals surface area contributed by atoms with E-state index in [9.17, 15) is 4.79 Å². The molecule has 0 N–H and O–H groups in total.